The van der Waals surface area contributed by atoms with E-state index in [1.54, 1.807) is 6.92 Å². The van der Waals surface area contributed by atoms with Gasteiger partial charge in [0.05, 0.1) is 19.1 Å². The van der Waals surface area contributed by atoms with Crippen molar-refractivity contribution in [3.8, 4) is 0 Å². The summed E-state index contributed by atoms with van der Waals surface area (Å²) in [6, 6.07) is 9.31. The van der Waals surface area contributed by atoms with Crippen LogP contribution in [0.25, 0.3) is 0 Å². The lowest BCUT2D eigenvalue weighted by Gasteiger charge is -2.30. The summed E-state index contributed by atoms with van der Waals surface area (Å²) in [6.07, 6.45) is 2.26. The Hall–Kier alpha value is -1.63. The third-order valence-corrected chi connectivity index (χ3v) is 4.97. The van der Waals surface area contributed by atoms with E-state index < -0.39 is 24.2 Å². The van der Waals surface area contributed by atoms with Crippen LogP contribution in [0.2, 0.25) is 0 Å². The normalized spacial score (nSPS) is 28.7. The van der Waals surface area contributed by atoms with Gasteiger partial charge >= 0.3 is 11.9 Å². The summed E-state index contributed by atoms with van der Waals surface area (Å²) in [4.78, 5) is 24.3. The van der Waals surface area contributed by atoms with Gasteiger partial charge in [-0.05, 0) is 38.2 Å². The van der Waals surface area contributed by atoms with Crippen LogP contribution in [0.15, 0.2) is 30.3 Å². The number of nitrogens with two attached hydrogens (primary N) is 1. The summed E-state index contributed by atoms with van der Waals surface area (Å²) in [7, 11) is 0. The van der Waals surface area contributed by atoms with Crippen molar-refractivity contribution in [3.63, 3.8) is 0 Å². The third-order valence-electron chi connectivity index (χ3n) is 4.97. The molecular formula is C20H28ClNO5. The summed E-state index contributed by atoms with van der Waals surface area (Å²) < 4.78 is 16.9. The number of carbonyl (C=O) groups excluding carboxylic acids is 2. The highest BCUT2D eigenvalue weighted by Gasteiger charge is 2.39. The van der Waals surface area contributed by atoms with E-state index in [0.29, 0.717) is 6.61 Å². The Morgan fingerprint density at radius 3 is 2.59 bits per heavy atom. The molecule has 1 aliphatic carbocycles. The molecule has 1 aliphatic heterocycles. The predicted molar refractivity (Wildman–Crippen MR) is 102 cm³/mol. The number of hydrogen-bond acceptors (Lipinski definition) is 6. The molecule has 4 atom stereocenters. The number of cyclic esters (lactones) is 1. The second-order valence-electron chi connectivity index (χ2n) is 7.25. The molecular weight excluding hydrogens is 370 g/mol. The van der Waals surface area contributed by atoms with Crippen LogP contribution in [0.4, 0.5) is 0 Å². The van der Waals surface area contributed by atoms with Gasteiger partial charge in [0.2, 0.25) is 0 Å². The molecule has 1 saturated heterocycles. The SMILES string of the molecule is C[C@@H]1OC(=O)[C@@H](N)COC[C@H](CCc2ccccc2)[C@H]1OC(=O)C1CC1.Cl. The number of benzene rings is 1. The maximum atomic E-state index is 12.2. The van der Waals surface area contributed by atoms with Gasteiger partial charge in [-0.15, -0.1) is 12.4 Å². The lowest BCUT2D eigenvalue weighted by molar-refractivity contribution is -0.172. The van der Waals surface area contributed by atoms with Crippen LogP contribution in [0.1, 0.15) is 31.7 Å². The molecule has 2 fully saturated rings. The lowest BCUT2D eigenvalue weighted by Crippen LogP contribution is -2.42. The summed E-state index contributed by atoms with van der Waals surface area (Å²) >= 11 is 0. The zero-order chi connectivity index (χ0) is 18.5. The van der Waals surface area contributed by atoms with E-state index in [9.17, 15) is 9.59 Å². The van der Waals surface area contributed by atoms with Crippen molar-refractivity contribution in [1.29, 1.82) is 0 Å². The zero-order valence-electron chi connectivity index (χ0n) is 15.5. The highest BCUT2D eigenvalue weighted by Crippen LogP contribution is 2.32. The van der Waals surface area contributed by atoms with Gasteiger partial charge in [-0.1, -0.05) is 30.3 Å². The average Bonchev–Trinajstić information content (AvgIpc) is 3.47. The van der Waals surface area contributed by atoms with E-state index in [-0.39, 0.29) is 36.8 Å². The van der Waals surface area contributed by atoms with Crippen LogP contribution in [-0.4, -0.2) is 43.4 Å². The van der Waals surface area contributed by atoms with Gasteiger partial charge in [0.25, 0.3) is 0 Å². The summed E-state index contributed by atoms with van der Waals surface area (Å²) in [5.41, 5.74) is 7.00. The number of esters is 2. The fourth-order valence-corrected chi connectivity index (χ4v) is 3.22. The number of rotatable bonds is 5. The molecule has 1 aromatic carbocycles. The monoisotopic (exact) mass is 397 g/mol. The van der Waals surface area contributed by atoms with Crippen molar-refractivity contribution in [2.75, 3.05) is 13.2 Å². The first-order chi connectivity index (χ1) is 12.5. The van der Waals surface area contributed by atoms with Gasteiger partial charge in [-0.2, -0.15) is 0 Å². The van der Waals surface area contributed by atoms with E-state index in [4.69, 9.17) is 19.9 Å². The van der Waals surface area contributed by atoms with E-state index in [1.807, 2.05) is 18.2 Å². The van der Waals surface area contributed by atoms with Crippen molar-refractivity contribution in [1.82, 2.24) is 0 Å². The molecule has 0 bridgehead atoms. The van der Waals surface area contributed by atoms with Gasteiger partial charge in [-0.3, -0.25) is 9.59 Å². The fourth-order valence-electron chi connectivity index (χ4n) is 3.22. The topological polar surface area (TPSA) is 87.8 Å². The number of halogens is 1. The second kappa shape index (κ2) is 10.1. The number of aryl methyl sites for hydroxylation is 1. The maximum Gasteiger partial charge on any atom is 0.325 e. The first-order valence-corrected chi connectivity index (χ1v) is 9.33. The Labute approximate surface area is 166 Å². The van der Waals surface area contributed by atoms with Gasteiger partial charge < -0.3 is 19.9 Å². The van der Waals surface area contributed by atoms with Crippen LogP contribution < -0.4 is 5.73 Å². The molecule has 3 rings (SSSR count). The minimum atomic E-state index is -0.815. The van der Waals surface area contributed by atoms with Crippen LogP contribution in [0.3, 0.4) is 0 Å². The van der Waals surface area contributed by atoms with Crippen LogP contribution in [0, 0.1) is 11.8 Å². The minimum Gasteiger partial charge on any atom is -0.458 e. The minimum absolute atomic E-state index is 0. The third kappa shape index (κ3) is 6.19. The number of carbonyl (C=O) groups is 2. The molecule has 2 aliphatic rings. The maximum absolute atomic E-state index is 12.2. The van der Waals surface area contributed by atoms with Gasteiger partial charge in [0.15, 0.2) is 0 Å². The quantitative estimate of drug-likeness (QED) is 0.767. The average molecular weight is 398 g/mol. The summed E-state index contributed by atoms with van der Waals surface area (Å²) in [6.45, 7) is 2.25. The largest absolute Gasteiger partial charge is 0.458 e. The van der Waals surface area contributed by atoms with E-state index in [2.05, 4.69) is 12.1 Å². The lowest BCUT2D eigenvalue weighted by atomic mass is 9.92. The Kier molecular flexibility index (Phi) is 8.07. The van der Waals surface area contributed by atoms with Crippen molar-refractivity contribution in [2.45, 2.75) is 50.9 Å². The zero-order valence-corrected chi connectivity index (χ0v) is 16.4. The number of ether oxygens (including phenoxy) is 3. The van der Waals surface area contributed by atoms with Crippen LogP contribution in [0.5, 0.6) is 0 Å². The number of hydrogen-bond donors (Lipinski definition) is 1. The summed E-state index contributed by atoms with van der Waals surface area (Å²) in [5.74, 6) is -0.797. The molecule has 1 aromatic rings. The van der Waals surface area contributed by atoms with Crippen molar-refractivity contribution in [3.05, 3.63) is 35.9 Å². The molecule has 0 amide bonds. The Bertz CT molecular complexity index is 622. The van der Waals surface area contributed by atoms with Gasteiger partial charge in [0, 0.05) is 5.92 Å². The molecule has 1 saturated carbocycles. The summed E-state index contributed by atoms with van der Waals surface area (Å²) in [5, 5.41) is 0. The molecule has 0 radical (unpaired) electrons. The van der Waals surface area contributed by atoms with E-state index in [0.717, 1.165) is 25.7 Å². The Morgan fingerprint density at radius 1 is 1.22 bits per heavy atom. The standard InChI is InChI=1S/C20H27NO5.ClH/c1-13-18(26-19(22)15-9-10-15)16(8-7-14-5-3-2-4-6-14)11-24-12-17(21)20(23)25-13;/h2-6,13,15-18H,7-12,21H2,1H3;1H/t13-,16-,17-,18-;/m0./s1. The molecule has 27 heavy (non-hydrogen) atoms. The molecule has 150 valence electrons. The Morgan fingerprint density at radius 2 is 1.93 bits per heavy atom. The molecule has 2 N–H and O–H groups in total. The smallest absolute Gasteiger partial charge is 0.325 e. The molecule has 0 aromatic heterocycles. The van der Waals surface area contributed by atoms with Gasteiger partial charge in [-0.25, -0.2) is 0 Å². The molecule has 1 heterocycles. The fraction of sp³-hybridized carbons (Fsp3) is 0.600. The molecule has 0 spiro atoms. The van der Waals surface area contributed by atoms with Crippen molar-refractivity contribution < 1.29 is 23.8 Å². The van der Waals surface area contributed by atoms with Gasteiger partial charge in [0.1, 0.15) is 18.2 Å². The Balaban J connectivity index is 0.00000261. The molecule has 0 unspecified atom stereocenters. The second-order valence-corrected chi connectivity index (χ2v) is 7.25. The van der Waals surface area contributed by atoms with E-state index in [1.165, 1.54) is 5.56 Å². The first kappa shape index (κ1) is 21.7. The van der Waals surface area contributed by atoms with Crippen molar-refractivity contribution >= 4 is 24.3 Å². The van der Waals surface area contributed by atoms with Crippen molar-refractivity contribution in [2.24, 2.45) is 17.6 Å². The molecule has 6 nitrogen and oxygen atoms in total. The predicted octanol–water partition coefficient (Wildman–Crippen LogP) is 2.27. The van der Waals surface area contributed by atoms with Crippen LogP contribution >= 0.6 is 12.4 Å². The first-order valence-electron chi connectivity index (χ1n) is 9.33. The highest BCUT2D eigenvalue weighted by atomic mass is 35.5. The highest BCUT2D eigenvalue weighted by molar-refractivity contribution is 5.85. The van der Waals surface area contributed by atoms with Crippen LogP contribution in [-0.2, 0) is 30.2 Å². The van der Waals surface area contributed by atoms with E-state index >= 15 is 0 Å². The molecule has 7 heteroatoms.